The van der Waals surface area contributed by atoms with Gasteiger partial charge in [0, 0.05) is 12.6 Å². The third kappa shape index (κ3) is 3.74. The second-order valence-corrected chi connectivity index (χ2v) is 6.38. The van der Waals surface area contributed by atoms with Crippen LogP contribution < -0.4 is 4.72 Å². The van der Waals surface area contributed by atoms with E-state index in [0.717, 1.165) is 19.6 Å². The predicted octanol–water partition coefficient (Wildman–Crippen LogP) is 0.302. The summed E-state index contributed by atoms with van der Waals surface area (Å²) in [7, 11) is -3.49. The van der Waals surface area contributed by atoms with Gasteiger partial charge in [0.25, 0.3) is 0 Å². The fourth-order valence-corrected chi connectivity index (χ4v) is 2.82. The van der Waals surface area contributed by atoms with E-state index in [0.29, 0.717) is 0 Å². The maximum atomic E-state index is 11.6. The minimum atomic E-state index is -3.49. The van der Waals surface area contributed by atoms with Crippen LogP contribution in [0.15, 0.2) is 0 Å². The second-order valence-electron chi connectivity index (χ2n) is 4.34. The molecule has 0 aromatic heterocycles. The summed E-state index contributed by atoms with van der Waals surface area (Å²) in [5.41, 5.74) is 0. The van der Waals surface area contributed by atoms with Crippen LogP contribution in [0, 0.1) is 11.3 Å². The number of sulfonamides is 1. The van der Waals surface area contributed by atoms with Gasteiger partial charge in [-0.25, -0.2) is 13.1 Å². The zero-order valence-corrected chi connectivity index (χ0v) is 10.6. The van der Waals surface area contributed by atoms with E-state index in [-0.39, 0.29) is 6.04 Å². The fourth-order valence-electron chi connectivity index (χ4n) is 1.84. The van der Waals surface area contributed by atoms with Crippen molar-refractivity contribution in [3.63, 3.8) is 0 Å². The zero-order valence-electron chi connectivity index (χ0n) is 9.81. The molecule has 1 N–H and O–H groups in total. The summed E-state index contributed by atoms with van der Waals surface area (Å²) in [6.07, 6.45) is 2.38. The Bertz CT molecular complexity index is 355. The van der Waals surface area contributed by atoms with Crippen molar-refractivity contribution in [3.8, 4) is 6.07 Å². The first-order chi connectivity index (χ1) is 7.45. The van der Waals surface area contributed by atoms with Crippen molar-refractivity contribution in [1.82, 2.24) is 9.62 Å². The van der Waals surface area contributed by atoms with Crippen LogP contribution in [0.2, 0.25) is 0 Å². The maximum Gasteiger partial charge on any atom is 0.227 e. The lowest BCUT2D eigenvalue weighted by molar-refractivity contribution is 0.312. The van der Waals surface area contributed by atoms with Gasteiger partial charge in [0.05, 0.1) is 6.07 Å². The lowest BCUT2D eigenvalue weighted by atomic mass is 10.3. The monoisotopic (exact) mass is 245 g/mol. The average molecular weight is 245 g/mol. The first kappa shape index (κ1) is 13.4. The first-order valence-electron chi connectivity index (χ1n) is 5.59. The smallest absolute Gasteiger partial charge is 0.227 e. The van der Waals surface area contributed by atoms with Gasteiger partial charge in [0.1, 0.15) is 0 Å². The number of nitriles is 1. The van der Waals surface area contributed by atoms with Crippen LogP contribution in [0.4, 0.5) is 0 Å². The SMILES string of the molecule is CC(CN1CCCC1)NS(=O)(=O)C(C)C#N. The molecule has 2 unspecified atom stereocenters. The van der Waals surface area contributed by atoms with E-state index < -0.39 is 15.3 Å². The molecule has 1 heterocycles. The van der Waals surface area contributed by atoms with Crippen LogP contribution in [-0.4, -0.2) is 44.2 Å². The van der Waals surface area contributed by atoms with Crippen molar-refractivity contribution in [1.29, 1.82) is 5.26 Å². The lowest BCUT2D eigenvalue weighted by Gasteiger charge is -2.21. The summed E-state index contributed by atoms with van der Waals surface area (Å²) in [5.74, 6) is 0. The second kappa shape index (κ2) is 5.62. The Morgan fingerprint density at radius 3 is 2.44 bits per heavy atom. The largest absolute Gasteiger partial charge is 0.302 e. The highest BCUT2D eigenvalue weighted by Gasteiger charge is 2.23. The summed E-state index contributed by atoms with van der Waals surface area (Å²) in [6, 6.07) is 1.60. The van der Waals surface area contributed by atoms with Gasteiger partial charge in [-0.1, -0.05) is 0 Å². The van der Waals surface area contributed by atoms with E-state index in [2.05, 4.69) is 9.62 Å². The minimum absolute atomic E-state index is 0.140. The van der Waals surface area contributed by atoms with Gasteiger partial charge in [-0.3, -0.25) is 0 Å². The van der Waals surface area contributed by atoms with Gasteiger partial charge in [-0.15, -0.1) is 0 Å². The van der Waals surface area contributed by atoms with Gasteiger partial charge in [0.2, 0.25) is 10.0 Å². The van der Waals surface area contributed by atoms with Crippen molar-refractivity contribution in [2.45, 2.75) is 38.0 Å². The summed E-state index contributed by atoms with van der Waals surface area (Å²) >= 11 is 0. The average Bonchev–Trinajstić information content (AvgIpc) is 2.67. The van der Waals surface area contributed by atoms with Gasteiger partial charge in [-0.2, -0.15) is 5.26 Å². The summed E-state index contributed by atoms with van der Waals surface area (Å²) in [6.45, 7) is 6.03. The molecule has 1 saturated heterocycles. The minimum Gasteiger partial charge on any atom is -0.302 e. The van der Waals surface area contributed by atoms with Crippen LogP contribution in [0.1, 0.15) is 26.7 Å². The molecule has 0 aliphatic carbocycles. The number of likely N-dealkylation sites (tertiary alicyclic amines) is 1. The Labute approximate surface area is 97.5 Å². The summed E-state index contributed by atoms with van der Waals surface area (Å²) in [5, 5.41) is 7.60. The molecule has 0 saturated carbocycles. The molecule has 0 radical (unpaired) electrons. The molecule has 0 aromatic rings. The van der Waals surface area contributed by atoms with Crippen molar-refractivity contribution < 1.29 is 8.42 Å². The molecule has 92 valence electrons. The number of hydrogen-bond acceptors (Lipinski definition) is 4. The van der Waals surface area contributed by atoms with E-state index >= 15 is 0 Å². The highest BCUT2D eigenvalue weighted by atomic mass is 32.2. The fraction of sp³-hybridized carbons (Fsp3) is 0.900. The van der Waals surface area contributed by atoms with E-state index in [1.54, 1.807) is 6.07 Å². The number of nitrogens with one attached hydrogen (secondary N) is 1. The molecule has 0 aromatic carbocycles. The lowest BCUT2D eigenvalue weighted by Crippen LogP contribution is -2.43. The van der Waals surface area contributed by atoms with E-state index in [4.69, 9.17) is 5.26 Å². The Hall–Kier alpha value is -0.640. The van der Waals surface area contributed by atoms with Gasteiger partial charge in [0.15, 0.2) is 5.25 Å². The molecule has 0 amide bonds. The summed E-state index contributed by atoms with van der Waals surface area (Å²) < 4.78 is 25.7. The maximum absolute atomic E-state index is 11.6. The predicted molar refractivity (Wildman–Crippen MR) is 62.3 cm³/mol. The molecule has 5 nitrogen and oxygen atoms in total. The van der Waals surface area contributed by atoms with E-state index in [1.165, 1.54) is 19.8 Å². The third-order valence-electron chi connectivity index (χ3n) is 2.74. The molecule has 1 fully saturated rings. The molecule has 0 bridgehead atoms. The van der Waals surface area contributed by atoms with Crippen molar-refractivity contribution in [3.05, 3.63) is 0 Å². The molecule has 1 aliphatic heterocycles. The molecule has 1 aliphatic rings. The molecular weight excluding hydrogens is 226 g/mol. The van der Waals surface area contributed by atoms with Gasteiger partial charge < -0.3 is 4.90 Å². The first-order valence-corrected chi connectivity index (χ1v) is 7.13. The Morgan fingerprint density at radius 1 is 1.38 bits per heavy atom. The van der Waals surface area contributed by atoms with Gasteiger partial charge in [-0.05, 0) is 39.8 Å². The Balaban J connectivity index is 2.44. The van der Waals surface area contributed by atoms with E-state index in [9.17, 15) is 8.42 Å². The van der Waals surface area contributed by atoms with Crippen molar-refractivity contribution >= 4 is 10.0 Å². The van der Waals surface area contributed by atoms with E-state index in [1.807, 2.05) is 6.92 Å². The van der Waals surface area contributed by atoms with Gasteiger partial charge >= 0.3 is 0 Å². The van der Waals surface area contributed by atoms with Crippen LogP contribution in [0.3, 0.4) is 0 Å². The zero-order chi connectivity index (χ0) is 12.2. The number of hydrogen-bond donors (Lipinski definition) is 1. The van der Waals surface area contributed by atoms with Crippen molar-refractivity contribution in [2.75, 3.05) is 19.6 Å². The summed E-state index contributed by atoms with van der Waals surface area (Å²) in [4.78, 5) is 2.24. The van der Waals surface area contributed by atoms with Crippen LogP contribution in [-0.2, 0) is 10.0 Å². The van der Waals surface area contributed by atoms with Crippen LogP contribution >= 0.6 is 0 Å². The normalized spacial score (nSPS) is 21.6. The highest BCUT2D eigenvalue weighted by Crippen LogP contribution is 2.08. The van der Waals surface area contributed by atoms with Crippen LogP contribution in [0.25, 0.3) is 0 Å². The topological polar surface area (TPSA) is 73.2 Å². The third-order valence-corrected chi connectivity index (χ3v) is 4.51. The standard InChI is InChI=1S/C10H19N3O2S/c1-9(8-13-5-3-4-6-13)12-16(14,15)10(2)7-11/h9-10,12H,3-6,8H2,1-2H3. The molecule has 16 heavy (non-hydrogen) atoms. The highest BCUT2D eigenvalue weighted by molar-refractivity contribution is 7.90. The molecule has 0 spiro atoms. The quantitative estimate of drug-likeness (QED) is 0.756. The Kier molecular flexibility index (Phi) is 4.71. The molecule has 1 rings (SSSR count). The molecule has 2 atom stereocenters. The molecule has 6 heteroatoms. The number of rotatable bonds is 5. The Morgan fingerprint density at radius 2 is 1.94 bits per heavy atom. The van der Waals surface area contributed by atoms with Crippen LogP contribution in [0.5, 0.6) is 0 Å². The number of nitrogens with zero attached hydrogens (tertiary/aromatic N) is 2. The molecular formula is C10H19N3O2S. The van der Waals surface area contributed by atoms with Crippen molar-refractivity contribution in [2.24, 2.45) is 0 Å².